The first-order chi connectivity index (χ1) is 13.1. The number of nitriles is 1. The predicted octanol–water partition coefficient (Wildman–Crippen LogP) is 0.213. The second-order valence-electron chi connectivity index (χ2n) is 6.67. The van der Waals surface area contributed by atoms with E-state index in [1.165, 1.54) is 17.8 Å². The number of aliphatic hydroxyl groups is 1. The van der Waals surface area contributed by atoms with Crippen molar-refractivity contribution in [1.82, 2.24) is 0 Å². The fraction of sp³-hybridized carbons (Fsp3) is 0.333. The zero-order valence-electron chi connectivity index (χ0n) is 15.8. The third-order valence-electron chi connectivity index (χ3n) is 4.92. The van der Waals surface area contributed by atoms with Gasteiger partial charge in [0.1, 0.15) is 17.5 Å². The van der Waals surface area contributed by atoms with Crippen molar-refractivity contribution in [2.45, 2.75) is 24.1 Å². The Hall–Kier alpha value is -0.990. The number of allylic oxidation sites excluding steroid dienone is 1. The zero-order valence-corrected chi connectivity index (χ0v) is 20.2. The van der Waals surface area contributed by atoms with Crippen LogP contribution in [0.15, 0.2) is 47.2 Å². The van der Waals surface area contributed by atoms with Crippen LogP contribution in [0.5, 0.6) is 0 Å². The summed E-state index contributed by atoms with van der Waals surface area (Å²) in [6, 6.07) is 8.88. The van der Waals surface area contributed by atoms with Crippen LogP contribution in [-0.4, -0.2) is 46.2 Å². The number of nitrogens with one attached hydrogen (secondary N) is 1. The van der Waals surface area contributed by atoms with E-state index in [0.29, 0.717) is 16.3 Å². The maximum Gasteiger partial charge on any atom is 1.00 e. The normalized spacial score (nSPS) is 23.9. The Morgan fingerprint density at radius 1 is 1.45 bits per heavy atom. The molecule has 0 amide bonds. The molecule has 0 saturated heterocycles. The van der Waals surface area contributed by atoms with Crippen LogP contribution in [0.25, 0.3) is 0 Å². The van der Waals surface area contributed by atoms with Crippen molar-refractivity contribution < 1.29 is 47.6 Å². The molecule has 0 saturated carbocycles. The SMILES string of the molecule is C[C@@]12C(=C(C#N)C(=N)N1c1ccc(Cl)cc1)C=C(O)C[C@H]2SCCS(=O)(=O)[O-].[Na+]. The summed E-state index contributed by atoms with van der Waals surface area (Å²) in [5.41, 5.74) is 0.419. The largest absolute Gasteiger partial charge is 1.00 e. The molecule has 0 unspecified atom stereocenters. The topological polar surface area (TPSA) is 128 Å². The Balaban J connectivity index is 0.00000300. The first kappa shape index (κ1) is 24.3. The van der Waals surface area contributed by atoms with Gasteiger partial charge >= 0.3 is 29.6 Å². The molecule has 0 bridgehead atoms. The molecule has 2 N–H and O–H groups in total. The number of amidine groups is 1. The van der Waals surface area contributed by atoms with E-state index >= 15 is 0 Å². The van der Waals surface area contributed by atoms with Gasteiger partial charge in [-0.15, -0.1) is 0 Å². The third-order valence-corrected chi connectivity index (χ3v) is 7.60. The summed E-state index contributed by atoms with van der Waals surface area (Å²) < 4.78 is 32.9. The summed E-state index contributed by atoms with van der Waals surface area (Å²) in [5.74, 6) is -0.433. The Kier molecular flexibility index (Phi) is 7.55. The van der Waals surface area contributed by atoms with Crippen LogP contribution in [0.4, 0.5) is 5.69 Å². The molecular weight excluding hydrogens is 445 g/mol. The van der Waals surface area contributed by atoms with Crippen molar-refractivity contribution in [3.63, 3.8) is 0 Å². The van der Waals surface area contributed by atoms with E-state index in [-0.39, 0.29) is 64.1 Å². The van der Waals surface area contributed by atoms with Gasteiger partial charge in [0.25, 0.3) is 0 Å². The number of hydrogen-bond acceptors (Lipinski definition) is 7. The fourth-order valence-corrected chi connectivity index (χ4v) is 6.07. The minimum atomic E-state index is -4.36. The number of aliphatic hydroxyl groups excluding tert-OH is 1. The molecule has 29 heavy (non-hydrogen) atoms. The van der Waals surface area contributed by atoms with Crippen LogP contribution in [0.2, 0.25) is 5.02 Å². The van der Waals surface area contributed by atoms with Crippen molar-refractivity contribution in [3.05, 3.63) is 52.3 Å². The van der Waals surface area contributed by atoms with Crippen molar-refractivity contribution >= 4 is 45.0 Å². The van der Waals surface area contributed by atoms with Gasteiger partial charge in [-0.25, -0.2) is 8.42 Å². The van der Waals surface area contributed by atoms with Crippen LogP contribution in [0.1, 0.15) is 13.3 Å². The number of hydrogen-bond donors (Lipinski definition) is 2. The van der Waals surface area contributed by atoms with Gasteiger partial charge in [0, 0.05) is 39.5 Å². The summed E-state index contributed by atoms with van der Waals surface area (Å²) in [7, 11) is -4.36. The van der Waals surface area contributed by atoms with Crippen LogP contribution in [0.3, 0.4) is 0 Å². The summed E-state index contributed by atoms with van der Waals surface area (Å²) in [5, 5.41) is 28.5. The van der Waals surface area contributed by atoms with Crippen LogP contribution in [0, 0.1) is 16.7 Å². The van der Waals surface area contributed by atoms with E-state index in [2.05, 4.69) is 0 Å². The van der Waals surface area contributed by atoms with Crippen molar-refractivity contribution in [2.75, 3.05) is 16.4 Å². The molecule has 7 nitrogen and oxygen atoms in total. The molecule has 1 aliphatic heterocycles. The zero-order chi connectivity index (χ0) is 20.7. The molecule has 11 heteroatoms. The number of thioether (sulfide) groups is 1. The fourth-order valence-electron chi connectivity index (χ4n) is 3.61. The van der Waals surface area contributed by atoms with Gasteiger partial charge in [-0.3, -0.25) is 5.41 Å². The molecule has 2 aliphatic rings. The molecule has 2 atom stereocenters. The molecule has 1 heterocycles. The van der Waals surface area contributed by atoms with Crippen LogP contribution in [-0.2, 0) is 10.1 Å². The van der Waals surface area contributed by atoms with E-state index in [1.807, 2.05) is 13.0 Å². The molecular formula is C18H17ClN3NaO4S2. The van der Waals surface area contributed by atoms with E-state index < -0.39 is 21.4 Å². The Morgan fingerprint density at radius 3 is 2.62 bits per heavy atom. The molecule has 148 valence electrons. The van der Waals surface area contributed by atoms with Gasteiger partial charge in [0.05, 0.1) is 21.4 Å². The number of halogens is 1. The van der Waals surface area contributed by atoms with E-state index in [1.54, 1.807) is 29.2 Å². The second-order valence-corrected chi connectivity index (χ2v) is 9.94. The number of anilines is 1. The maximum atomic E-state index is 11.0. The number of rotatable bonds is 5. The molecule has 3 rings (SSSR count). The molecule has 0 fully saturated rings. The Labute approximate surface area is 201 Å². The summed E-state index contributed by atoms with van der Waals surface area (Å²) in [6.45, 7) is 1.85. The average molecular weight is 462 g/mol. The minimum Gasteiger partial charge on any atom is -0.748 e. The van der Waals surface area contributed by atoms with Crippen molar-refractivity contribution in [3.8, 4) is 6.07 Å². The minimum absolute atomic E-state index is 0. The molecule has 0 aromatic heterocycles. The van der Waals surface area contributed by atoms with E-state index in [9.17, 15) is 23.3 Å². The van der Waals surface area contributed by atoms with Gasteiger partial charge in [-0.05, 0) is 37.3 Å². The monoisotopic (exact) mass is 461 g/mol. The number of fused-ring (bicyclic) bond motifs is 1. The molecule has 1 aromatic carbocycles. The smallest absolute Gasteiger partial charge is 0.748 e. The molecule has 1 aromatic rings. The summed E-state index contributed by atoms with van der Waals surface area (Å²) >= 11 is 7.21. The Morgan fingerprint density at radius 2 is 2.07 bits per heavy atom. The number of nitrogens with zero attached hydrogens (tertiary/aromatic N) is 2. The van der Waals surface area contributed by atoms with E-state index in [0.717, 1.165) is 0 Å². The third kappa shape index (κ3) is 4.69. The molecule has 0 spiro atoms. The van der Waals surface area contributed by atoms with Gasteiger partial charge < -0.3 is 14.6 Å². The molecule has 0 radical (unpaired) electrons. The first-order valence-electron chi connectivity index (χ1n) is 8.32. The standard InChI is InChI=1S/C18H18ClN3O4S2.Na/c1-18-15(8-13(23)9-16(18)27-6-7-28(24,25)26)14(10-20)17(21)22(18)12-4-2-11(19)3-5-12;/h2-5,8,16,21,23H,6-7,9H2,1H3,(H,24,25,26);/q;+1/p-1/t16-,18+;/m1./s1. The van der Waals surface area contributed by atoms with Crippen LogP contribution < -0.4 is 34.5 Å². The van der Waals surface area contributed by atoms with Crippen molar-refractivity contribution in [2.24, 2.45) is 0 Å². The summed E-state index contributed by atoms with van der Waals surface area (Å²) in [6.07, 6.45) is 1.73. The maximum absolute atomic E-state index is 11.0. The molecule has 1 aliphatic carbocycles. The van der Waals surface area contributed by atoms with Gasteiger partial charge in [0.15, 0.2) is 0 Å². The summed E-state index contributed by atoms with van der Waals surface area (Å²) in [4.78, 5) is 1.70. The number of benzene rings is 1. The first-order valence-corrected chi connectivity index (χ1v) is 11.3. The van der Waals surface area contributed by atoms with E-state index in [4.69, 9.17) is 17.0 Å². The van der Waals surface area contributed by atoms with Gasteiger partial charge in [0.2, 0.25) is 0 Å². The quantitative estimate of drug-likeness (QED) is 0.474. The van der Waals surface area contributed by atoms with Gasteiger partial charge in [-0.2, -0.15) is 17.0 Å². The second kappa shape index (κ2) is 9.02. The van der Waals surface area contributed by atoms with Crippen molar-refractivity contribution in [1.29, 1.82) is 10.7 Å². The van der Waals surface area contributed by atoms with Gasteiger partial charge in [-0.1, -0.05) is 11.6 Å². The Bertz CT molecular complexity index is 1030. The predicted molar refractivity (Wildman–Crippen MR) is 109 cm³/mol. The van der Waals surface area contributed by atoms with Crippen LogP contribution >= 0.6 is 23.4 Å². The average Bonchev–Trinajstić information content (AvgIpc) is 2.82.